The van der Waals surface area contributed by atoms with Crippen molar-refractivity contribution >= 4 is 26.8 Å². The Labute approximate surface area is 583 Å². The van der Waals surface area contributed by atoms with Crippen LogP contribution in [0, 0.1) is 31.5 Å². The summed E-state index contributed by atoms with van der Waals surface area (Å²) < 4.78 is 57.0. The second-order valence-corrected chi connectivity index (χ2v) is 26.1. The number of ether oxygens (including phenoxy) is 4. The maximum absolute atomic E-state index is 15.6. The van der Waals surface area contributed by atoms with Crippen molar-refractivity contribution in [3.05, 3.63) is 113 Å². The summed E-state index contributed by atoms with van der Waals surface area (Å²) >= 11 is 1.61. The van der Waals surface area contributed by atoms with Crippen LogP contribution in [0.25, 0.3) is 22.5 Å². The Morgan fingerprint density at radius 3 is 1.12 bits per heavy atom. The van der Waals surface area contributed by atoms with E-state index in [9.17, 15) is 9.59 Å². The van der Waals surface area contributed by atoms with Gasteiger partial charge in [-0.25, -0.2) is 0 Å². The molecule has 0 saturated carbocycles. The molecule has 0 spiro atoms. The topological polar surface area (TPSA) is 109 Å². The molecule has 3 aromatic carbocycles. The van der Waals surface area contributed by atoms with E-state index in [1.165, 1.54) is 224 Å². The third kappa shape index (κ3) is 33.4. The zero-order valence-electron chi connectivity index (χ0n) is 59.0. The van der Waals surface area contributed by atoms with E-state index in [4.69, 9.17) is 18.9 Å². The Morgan fingerprint density at radius 2 is 0.755 bits per heavy atom. The fourth-order valence-corrected chi connectivity index (χ4v) is 12.1. The second-order valence-electron chi connectivity index (χ2n) is 26.1. The normalized spacial score (nSPS) is 11.2. The summed E-state index contributed by atoms with van der Waals surface area (Å²) in [5.41, 5.74) is 3.92. The number of unbranched alkanes of at least 4 members (excludes halogenated alkanes) is 36. The number of hydrogen-bond donors (Lipinski definition) is 1. The molecule has 0 aliphatic carbocycles. The minimum absolute atomic E-state index is 0.0743. The molecule has 0 unspecified atom stereocenters. The first-order valence-electron chi connectivity index (χ1n) is 37.2. The molecule has 5 aromatic rings. The first-order valence-corrected chi connectivity index (χ1v) is 40.0. The van der Waals surface area contributed by atoms with Gasteiger partial charge in [0.25, 0.3) is 5.91 Å². The quantitative estimate of drug-likeness (QED) is 0.0233. The van der Waals surface area contributed by atoms with Crippen molar-refractivity contribution in [1.82, 2.24) is 9.97 Å². The van der Waals surface area contributed by atoms with Crippen LogP contribution < -0.4 is 24.3 Å². The number of hydrogen-bond acceptors (Lipinski definition) is 8. The number of Topliss-reactive ketones (excluding diaryl/α,β-unsaturated/α-hetero) is 1. The molecule has 0 radical (unpaired) electrons. The number of benzene rings is 3. The Kier molecular flexibility index (Phi) is 45.4. The van der Waals surface area contributed by atoms with E-state index in [1.54, 1.807) is 37.0 Å². The predicted molar refractivity (Wildman–Crippen MR) is 385 cm³/mol. The van der Waals surface area contributed by atoms with Crippen LogP contribution >= 0.6 is 9.42 Å². The van der Waals surface area contributed by atoms with E-state index in [0.29, 0.717) is 54.9 Å². The predicted octanol–water partition coefficient (Wildman–Crippen LogP) is 25.1. The molecule has 526 valence electrons. The van der Waals surface area contributed by atoms with Crippen molar-refractivity contribution in [2.24, 2.45) is 0 Å². The van der Waals surface area contributed by atoms with E-state index >= 15 is 8.78 Å². The maximum atomic E-state index is 15.6. The molecule has 2 heterocycles. The number of aromatic nitrogens is 2. The molecule has 0 fully saturated rings. The number of carbonyl (C=O) groups excluding carboxylic acids is 2. The summed E-state index contributed by atoms with van der Waals surface area (Å²) in [4.78, 5) is 36.6. The van der Waals surface area contributed by atoms with Crippen LogP contribution in [0.15, 0.2) is 67.0 Å². The molecule has 0 saturated heterocycles. The van der Waals surface area contributed by atoms with E-state index < -0.39 is 17.5 Å². The number of amides is 1. The number of pyridine rings is 2. The van der Waals surface area contributed by atoms with Gasteiger partial charge in [-0.1, -0.05) is 306 Å². The van der Waals surface area contributed by atoms with Crippen LogP contribution in [0.3, 0.4) is 0 Å². The Hall–Kier alpha value is -4.86. The van der Waals surface area contributed by atoms with Gasteiger partial charge in [-0.2, -0.15) is 0 Å². The molecule has 0 aliphatic heterocycles. The van der Waals surface area contributed by atoms with Crippen molar-refractivity contribution < 1.29 is 56.1 Å². The van der Waals surface area contributed by atoms with E-state index in [2.05, 4.69) is 58.5 Å². The van der Waals surface area contributed by atoms with Crippen molar-refractivity contribution in [1.29, 1.82) is 0 Å². The molecular weight excluding hydrogens is 1380 g/mol. The molecule has 0 aliphatic rings. The fraction of sp³-hybridized carbons (Fsp3) is 0.630. The molecule has 5 rings (SSSR count). The van der Waals surface area contributed by atoms with E-state index in [0.717, 1.165) is 79.9 Å². The summed E-state index contributed by atoms with van der Waals surface area (Å²) in [5.74, 6) is 0.427. The zero-order valence-corrected chi connectivity index (χ0v) is 62.0. The van der Waals surface area contributed by atoms with Gasteiger partial charge in [0.1, 0.15) is 0 Å². The molecule has 0 bridgehead atoms. The number of aryl methyl sites for hydroxylation is 2. The second kappa shape index (κ2) is 52.3. The molecule has 1 N–H and O–H groups in total. The van der Waals surface area contributed by atoms with Crippen molar-refractivity contribution in [3.8, 4) is 45.5 Å². The van der Waals surface area contributed by atoms with Gasteiger partial charge >= 0.3 is 28.2 Å². The summed E-state index contributed by atoms with van der Waals surface area (Å²) in [7, 11) is 4.61. The molecule has 94 heavy (non-hydrogen) atoms. The number of nitrogens with zero attached hydrogens (tertiary/aromatic N) is 2. The van der Waals surface area contributed by atoms with Crippen LogP contribution in [-0.2, 0) is 25.2 Å². The van der Waals surface area contributed by atoms with Gasteiger partial charge in [-0.05, 0) is 68.4 Å². The SMILES string of the molecule is CCCCCCCCCCCCOc1cc(CC(=O)c2ccc(-c3[c-]c(-c4ccc(C(=O)Nc5cc(C)c(OCCCCCCCCCCCC)c(OCCCCCCCCCCCC)c5)cn4)c(F)cc3F)nc2)cc(C)c1OCCCCCCCCCCCC.[Cl][Pt+]. The van der Waals surface area contributed by atoms with Crippen molar-refractivity contribution in [2.45, 2.75) is 305 Å². The van der Waals surface area contributed by atoms with Gasteiger partial charge in [0.05, 0.1) is 43.6 Å². The number of halogens is 3. The van der Waals surface area contributed by atoms with Gasteiger partial charge in [-0.3, -0.25) is 28.3 Å². The van der Waals surface area contributed by atoms with Gasteiger partial charge in [0.15, 0.2) is 28.8 Å². The molecule has 1 amide bonds. The van der Waals surface area contributed by atoms with Crippen LogP contribution in [0.1, 0.15) is 322 Å². The first kappa shape index (κ1) is 81.6. The van der Waals surface area contributed by atoms with E-state index in [-0.39, 0.29) is 40.3 Å². The third-order valence-corrected chi connectivity index (χ3v) is 17.8. The Morgan fingerprint density at radius 1 is 0.426 bits per heavy atom. The number of rotatable bonds is 55. The summed E-state index contributed by atoms with van der Waals surface area (Å²) in [5, 5.41) is 3.01. The number of nitrogens with one attached hydrogen (secondary N) is 1. The standard InChI is InChI=1S/C81H120F2N3O6.ClH.Pt/c1-7-11-15-19-23-27-31-35-39-43-51-89-77-58-66(55-64(5)79(77)91-53-45-41-37-33-29-25-21-17-13-9-3)57-76(87)67-47-49-74(84-62-67)70-60-71(73(83)61-72(70)82)75-50-48-68(63-85-75)81(88)86-69-56-65(6)80(92-54-46-42-38-34-30-26-22-18-14-10-4)78(59-69)90-52-44-40-36-32-28-24-20-16-12-8-2;;/h47-50,55-56,58-59,61-63H,7-46,51-54,57H2,1-6H3,(H,86,88);1H;/q-1;;+2/p-1. The van der Waals surface area contributed by atoms with Crippen LogP contribution in [0.2, 0.25) is 0 Å². The van der Waals surface area contributed by atoms with Crippen molar-refractivity contribution in [2.75, 3.05) is 31.7 Å². The Bertz CT molecular complexity index is 2620. The summed E-state index contributed by atoms with van der Waals surface area (Å²) in [6.45, 7) is 15.3. The molecular formula is C81H120ClF2N3O6Pt. The van der Waals surface area contributed by atoms with Crippen LogP contribution in [0.4, 0.5) is 14.5 Å². The first-order chi connectivity index (χ1) is 46.1. The molecule has 9 nitrogen and oxygen atoms in total. The van der Waals surface area contributed by atoms with Gasteiger partial charge in [-0.15, -0.1) is 6.07 Å². The van der Waals surface area contributed by atoms with Gasteiger partial charge in [0, 0.05) is 47.5 Å². The number of ketones is 1. The zero-order chi connectivity index (χ0) is 67.6. The Balaban J connectivity index is 0.00000931. The van der Waals surface area contributed by atoms with Crippen molar-refractivity contribution in [3.63, 3.8) is 0 Å². The van der Waals surface area contributed by atoms with Crippen LogP contribution in [-0.4, -0.2) is 48.1 Å². The monoisotopic (exact) mass is 1500 g/mol. The number of carbonyl (C=O) groups is 2. The summed E-state index contributed by atoms with van der Waals surface area (Å²) in [6, 6.07) is 17.6. The van der Waals surface area contributed by atoms with E-state index in [1.807, 2.05) is 38.1 Å². The number of anilines is 1. The molecule has 13 heteroatoms. The summed E-state index contributed by atoms with van der Waals surface area (Å²) in [6.07, 6.45) is 52.6. The average molecular weight is 1500 g/mol. The fourth-order valence-electron chi connectivity index (χ4n) is 12.1. The third-order valence-electron chi connectivity index (χ3n) is 17.8. The van der Waals surface area contributed by atoms with Gasteiger partial charge in [0.2, 0.25) is 0 Å². The van der Waals surface area contributed by atoms with Crippen LogP contribution in [0.5, 0.6) is 23.0 Å². The average Bonchev–Trinajstić information content (AvgIpc) is 0.956. The van der Waals surface area contributed by atoms with Gasteiger partial charge < -0.3 is 24.3 Å². The minimum atomic E-state index is -0.864. The molecule has 2 aromatic heterocycles. The molecule has 0 atom stereocenters.